The molecule has 1 aliphatic rings. The number of hydrogen-bond acceptors (Lipinski definition) is 7. The van der Waals surface area contributed by atoms with Crippen LogP contribution in [0, 0.1) is 6.92 Å². The number of fused-ring (bicyclic) bond motifs is 1. The number of anilines is 1. The molecule has 27 heavy (non-hydrogen) atoms. The number of nitrogens with one attached hydrogen (secondary N) is 2. The molecule has 0 bridgehead atoms. The number of hydrogen-bond donors (Lipinski definition) is 4. The number of amides is 2. The summed E-state index contributed by atoms with van der Waals surface area (Å²) in [6.07, 6.45) is 0.582. The Hall–Kier alpha value is -3.20. The van der Waals surface area contributed by atoms with Gasteiger partial charge in [-0.3, -0.25) is 9.59 Å². The monoisotopic (exact) mass is 383 g/mol. The van der Waals surface area contributed by atoms with Crippen molar-refractivity contribution in [2.75, 3.05) is 12.3 Å². The minimum absolute atomic E-state index is 0.00965. The van der Waals surface area contributed by atoms with Gasteiger partial charge in [-0.1, -0.05) is 12.1 Å². The molecule has 1 unspecified atom stereocenters. The van der Waals surface area contributed by atoms with E-state index < -0.39 is 6.04 Å². The van der Waals surface area contributed by atoms with Crippen LogP contribution in [0.3, 0.4) is 0 Å². The number of nitrogen functional groups attached to an aromatic ring is 1. The summed E-state index contributed by atoms with van der Waals surface area (Å²) in [5.74, 6) is -0.607. The number of aryl methyl sites for hydroxylation is 1. The van der Waals surface area contributed by atoms with E-state index in [0.29, 0.717) is 28.7 Å². The lowest BCUT2D eigenvalue weighted by Gasteiger charge is -2.10. The van der Waals surface area contributed by atoms with Crippen molar-refractivity contribution in [3.63, 3.8) is 0 Å². The molecule has 1 aliphatic heterocycles. The van der Waals surface area contributed by atoms with Gasteiger partial charge in [-0.15, -0.1) is 11.3 Å². The highest BCUT2D eigenvalue weighted by molar-refractivity contribution is 7.22. The topological polar surface area (TPSA) is 130 Å². The number of rotatable bonds is 3. The van der Waals surface area contributed by atoms with Crippen LogP contribution in [-0.2, 0) is 4.79 Å². The maximum absolute atomic E-state index is 12.5. The summed E-state index contributed by atoms with van der Waals surface area (Å²) in [4.78, 5) is 33.1. The van der Waals surface area contributed by atoms with Crippen molar-refractivity contribution < 1.29 is 14.7 Å². The summed E-state index contributed by atoms with van der Waals surface area (Å²) in [5, 5.41) is 15.5. The summed E-state index contributed by atoms with van der Waals surface area (Å²) >= 11 is 1.34. The molecule has 1 fully saturated rings. The minimum Gasteiger partial charge on any atom is -0.492 e. The lowest BCUT2D eigenvalue weighted by molar-refractivity contribution is -0.120. The molecule has 3 aromatic rings. The molecule has 3 heterocycles. The predicted octanol–water partition coefficient (Wildman–Crippen LogP) is 1.57. The Morgan fingerprint density at radius 1 is 1.41 bits per heavy atom. The Labute approximate surface area is 158 Å². The van der Waals surface area contributed by atoms with E-state index in [1.807, 2.05) is 13.0 Å². The van der Waals surface area contributed by atoms with Crippen LogP contribution in [0.2, 0.25) is 0 Å². The molecule has 1 aromatic carbocycles. The van der Waals surface area contributed by atoms with Gasteiger partial charge in [0.2, 0.25) is 17.7 Å². The van der Waals surface area contributed by atoms with Crippen molar-refractivity contribution >= 4 is 39.3 Å². The normalized spacial score (nSPS) is 16.5. The van der Waals surface area contributed by atoms with Crippen molar-refractivity contribution in [2.45, 2.75) is 19.4 Å². The van der Waals surface area contributed by atoms with Gasteiger partial charge < -0.3 is 21.5 Å². The molecule has 4 rings (SSSR count). The zero-order valence-electron chi connectivity index (χ0n) is 14.4. The first-order valence-corrected chi connectivity index (χ1v) is 9.20. The van der Waals surface area contributed by atoms with Gasteiger partial charge in [0.1, 0.15) is 10.7 Å². The van der Waals surface area contributed by atoms with Gasteiger partial charge >= 0.3 is 0 Å². The second kappa shape index (κ2) is 6.51. The number of nitrogens with zero attached hydrogens (tertiary/aromatic N) is 2. The quantitative estimate of drug-likeness (QED) is 0.543. The molecule has 0 radical (unpaired) electrons. The maximum Gasteiger partial charge on any atom is 0.251 e. The van der Waals surface area contributed by atoms with Crippen LogP contribution in [0.4, 0.5) is 5.95 Å². The molecule has 0 aliphatic carbocycles. The molecule has 2 amide bonds. The number of benzene rings is 1. The fourth-order valence-corrected chi connectivity index (χ4v) is 4.27. The summed E-state index contributed by atoms with van der Waals surface area (Å²) < 4.78 is 0.550. The van der Waals surface area contributed by atoms with Crippen LogP contribution in [0.5, 0.6) is 5.88 Å². The molecule has 138 valence electrons. The standard InChI is InChI=1S/C18H17N5O3S/c1-8-12-14(17(26)23-18(19)22-12)27-13(8)9-3-2-4-10(7-9)15(24)21-11-5-6-20-16(11)25/h2-4,7,11H,5-6H2,1H3,(H,20,25)(H,21,24)(H3,19,22,23,26). The largest absolute Gasteiger partial charge is 0.492 e. The first-order valence-electron chi connectivity index (χ1n) is 8.38. The Balaban J connectivity index is 1.69. The highest BCUT2D eigenvalue weighted by atomic mass is 32.1. The predicted molar refractivity (Wildman–Crippen MR) is 103 cm³/mol. The first-order chi connectivity index (χ1) is 12.9. The van der Waals surface area contributed by atoms with Gasteiger partial charge in [-0.2, -0.15) is 4.98 Å². The van der Waals surface area contributed by atoms with Crippen LogP contribution >= 0.6 is 11.3 Å². The fraction of sp³-hybridized carbons (Fsp3) is 0.222. The molecule has 9 heteroatoms. The number of carbonyl (C=O) groups excluding carboxylic acids is 2. The molecular formula is C18H17N5O3S. The molecular weight excluding hydrogens is 366 g/mol. The first kappa shape index (κ1) is 17.2. The highest BCUT2D eigenvalue weighted by Gasteiger charge is 2.26. The zero-order chi connectivity index (χ0) is 19.1. The van der Waals surface area contributed by atoms with Gasteiger partial charge in [0, 0.05) is 17.0 Å². The number of aromatic nitrogens is 2. The zero-order valence-corrected chi connectivity index (χ0v) is 15.3. The van der Waals surface area contributed by atoms with Crippen LogP contribution < -0.4 is 16.4 Å². The fourth-order valence-electron chi connectivity index (χ4n) is 3.14. The molecule has 0 saturated carbocycles. The van der Waals surface area contributed by atoms with Crippen LogP contribution in [-0.4, -0.2) is 39.5 Å². The third kappa shape index (κ3) is 3.06. The SMILES string of the molecule is Cc1c(-c2cccc(C(=O)NC3CCNC3=O)c2)sc2c(O)nc(N)nc12. The van der Waals surface area contributed by atoms with Crippen molar-refractivity contribution in [3.05, 3.63) is 35.4 Å². The van der Waals surface area contributed by atoms with Gasteiger partial charge in [0.05, 0.1) is 5.52 Å². The molecule has 5 N–H and O–H groups in total. The minimum atomic E-state index is -0.498. The third-order valence-electron chi connectivity index (χ3n) is 4.51. The second-order valence-electron chi connectivity index (χ2n) is 6.33. The summed E-state index contributed by atoms with van der Waals surface area (Å²) in [6, 6.07) is 6.62. The Bertz CT molecular complexity index is 1080. The van der Waals surface area contributed by atoms with Crippen LogP contribution in [0.25, 0.3) is 20.7 Å². The Morgan fingerprint density at radius 3 is 2.96 bits per heavy atom. The second-order valence-corrected chi connectivity index (χ2v) is 7.35. The molecule has 1 atom stereocenters. The van der Waals surface area contributed by atoms with Gasteiger partial charge in [-0.25, -0.2) is 4.98 Å². The van der Waals surface area contributed by atoms with Gasteiger partial charge in [0.15, 0.2) is 0 Å². The number of nitrogens with two attached hydrogens (primary N) is 1. The van der Waals surface area contributed by atoms with Crippen molar-refractivity contribution in [3.8, 4) is 16.3 Å². The third-order valence-corrected chi connectivity index (χ3v) is 5.83. The van der Waals surface area contributed by atoms with Gasteiger partial charge in [-0.05, 0) is 36.6 Å². The molecule has 8 nitrogen and oxygen atoms in total. The lowest BCUT2D eigenvalue weighted by atomic mass is 10.1. The Kier molecular flexibility index (Phi) is 4.15. The van der Waals surface area contributed by atoms with Crippen molar-refractivity contribution in [1.82, 2.24) is 20.6 Å². The summed E-state index contributed by atoms with van der Waals surface area (Å²) in [5.41, 5.74) is 8.35. The maximum atomic E-state index is 12.5. The van der Waals surface area contributed by atoms with Crippen LogP contribution in [0.15, 0.2) is 24.3 Å². The van der Waals surface area contributed by atoms with Crippen molar-refractivity contribution in [1.29, 1.82) is 0 Å². The van der Waals surface area contributed by atoms with Crippen molar-refractivity contribution in [2.24, 2.45) is 0 Å². The van der Waals surface area contributed by atoms with E-state index in [1.54, 1.807) is 18.2 Å². The smallest absolute Gasteiger partial charge is 0.251 e. The molecule has 2 aromatic heterocycles. The van der Waals surface area contributed by atoms with E-state index in [1.165, 1.54) is 11.3 Å². The number of carbonyl (C=O) groups is 2. The van der Waals surface area contributed by atoms with E-state index >= 15 is 0 Å². The summed E-state index contributed by atoms with van der Waals surface area (Å²) in [6.45, 7) is 2.45. The molecule has 0 spiro atoms. The van der Waals surface area contributed by atoms with Gasteiger partial charge in [0.25, 0.3) is 5.91 Å². The molecule has 1 saturated heterocycles. The number of thiophene rings is 1. The van der Waals surface area contributed by atoms with E-state index in [9.17, 15) is 14.7 Å². The lowest BCUT2D eigenvalue weighted by Crippen LogP contribution is -2.40. The number of aromatic hydroxyl groups is 1. The average Bonchev–Trinajstić information content (AvgIpc) is 3.19. The van der Waals surface area contributed by atoms with E-state index in [4.69, 9.17) is 5.73 Å². The highest BCUT2D eigenvalue weighted by Crippen LogP contribution is 2.40. The average molecular weight is 383 g/mol. The van der Waals surface area contributed by atoms with E-state index in [0.717, 1.165) is 16.0 Å². The Morgan fingerprint density at radius 2 is 2.22 bits per heavy atom. The van der Waals surface area contributed by atoms with E-state index in [-0.39, 0.29) is 23.6 Å². The van der Waals surface area contributed by atoms with E-state index in [2.05, 4.69) is 20.6 Å². The summed E-state index contributed by atoms with van der Waals surface area (Å²) in [7, 11) is 0. The van der Waals surface area contributed by atoms with Crippen LogP contribution in [0.1, 0.15) is 22.3 Å².